The lowest BCUT2D eigenvalue weighted by Gasteiger charge is -2.43. The number of nitrogens with zero attached hydrogens (tertiary/aromatic N) is 5. The van der Waals surface area contributed by atoms with Gasteiger partial charge in [-0.25, -0.2) is 18.2 Å². The quantitative estimate of drug-likeness (QED) is 0.207. The second-order valence-corrected chi connectivity index (χ2v) is 13.8. The molecule has 3 N–H and O–H groups in total. The molecule has 13 nitrogen and oxygen atoms in total. The van der Waals surface area contributed by atoms with E-state index in [1.807, 2.05) is 17.0 Å². The Morgan fingerprint density at radius 3 is 2.40 bits per heavy atom. The fourth-order valence-corrected chi connectivity index (χ4v) is 6.49. The Bertz CT molecular complexity index is 1630. The Morgan fingerprint density at radius 2 is 1.72 bits per heavy atom. The first-order chi connectivity index (χ1) is 22.6. The summed E-state index contributed by atoms with van der Waals surface area (Å²) in [6.45, 7) is 7.58. The van der Waals surface area contributed by atoms with Crippen LogP contribution in [0, 0.1) is 0 Å². The van der Waals surface area contributed by atoms with Crippen LogP contribution in [-0.4, -0.2) is 99.6 Å². The Hall–Kier alpha value is -4.01. The fraction of sp³-hybridized carbons (Fsp3) is 0.469. The predicted molar refractivity (Wildman–Crippen MR) is 186 cm³/mol. The van der Waals surface area contributed by atoms with E-state index in [-0.39, 0.29) is 17.1 Å². The van der Waals surface area contributed by atoms with Crippen LogP contribution in [0.4, 0.5) is 39.3 Å². The Labute approximate surface area is 281 Å². The molecule has 2 fully saturated rings. The number of aromatic nitrogens is 2. The molecule has 2 aliphatic rings. The number of ether oxygens (including phenoxy) is 2. The molecule has 15 heteroatoms. The lowest BCUT2D eigenvalue weighted by atomic mass is 10.0. The zero-order valence-electron chi connectivity index (χ0n) is 27.0. The SMILES string of the molecule is CCCCOC(=O)N1CCN(C2CCN(c3ccc(Nc4ncc(Cl)c(Nc5ccccc5NS(C)(=O)=O)n4)c(OC)c3)CC2)CC1. The van der Waals surface area contributed by atoms with Gasteiger partial charge in [0.2, 0.25) is 16.0 Å². The summed E-state index contributed by atoms with van der Waals surface area (Å²) >= 11 is 6.39. The van der Waals surface area contributed by atoms with Gasteiger partial charge in [0.25, 0.3) is 0 Å². The third-order valence-corrected chi connectivity index (χ3v) is 9.16. The maximum Gasteiger partial charge on any atom is 0.409 e. The van der Waals surface area contributed by atoms with E-state index >= 15 is 0 Å². The van der Waals surface area contributed by atoms with Gasteiger partial charge in [0.05, 0.1) is 43.2 Å². The van der Waals surface area contributed by atoms with E-state index < -0.39 is 10.0 Å². The van der Waals surface area contributed by atoms with Gasteiger partial charge in [0.15, 0.2) is 5.82 Å². The van der Waals surface area contributed by atoms with Gasteiger partial charge in [-0.3, -0.25) is 9.62 Å². The molecule has 1 aromatic heterocycles. The number of carbonyl (C=O) groups excluding carboxylic acids is 1. The molecule has 3 heterocycles. The summed E-state index contributed by atoms with van der Waals surface area (Å²) in [4.78, 5) is 27.9. The molecule has 2 aliphatic heterocycles. The summed E-state index contributed by atoms with van der Waals surface area (Å²) in [6, 6.07) is 13.4. The number of methoxy groups -OCH3 is 1. The zero-order chi connectivity index (χ0) is 33.4. The van der Waals surface area contributed by atoms with Crippen molar-refractivity contribution in [2.75, 3.05) is 79.5 Å². The lowest BCUT2D eigenvalue weighted by Crippen LogP contribution is -2.54. The smallest absolute Gasteiger partial charge is 0.409 e. The van der Waals surface area contributed by atoms with Crippen molar-refractivity contribution in [1.29, 1.82) is 0 Å². The molecule has 0 bridgehead atoms. The van der Waals surface area contributed by atoms with Gasteiger partial charge in [-0.2, -0.15) is 4.98 Å². The highest BCUT2D eigenvalue weighted by Gasteiger charge is 2.29. The van der Waals surface area contributed by atoms with Crippen molar-refractivity contribution in [3.63, 3.8) is 0 Å². The Morgan fingerprint density at radius 1 is 1.00 bits per heavy atom. The molecule has 0 saturated carbocycles. The molecular weight excluding hydrogens is 644 g/mol. The Kier molecular flexibility index (Phi) is 11.5. The Balaban J connectivity index is 1.18. The number of anilines is 6. The number of nitrogens with one attached hydrogen (secondary N) is 3. The number of carbonyl (C=O) groups is 1. The normalized spacial score (nSPS) is 16.1. The molecule has 0 unspecified atom stereocenters. The molecule has 0 atom stereocenters. The summed E-state index contributed by atoms with van der Waals surface area (Å²) in [5, 5.41) is 6.58. The van der Waals surface area contributed by atoms with Crippen LogP contribution in [0.3, 0.4) is 0 Å². The number of benzene rings is 2. The number of unbranched alkanes of at least 4 members (excludes halogenated alkanes) is 1. The maximum absolute atomic E-state index is 12.3. The number of amides is 1. The van der Waals surface area contributed by atoms with Crippen molar-refractivity contribution in [2.24, 2.45) is 0 Å². The molecule has 0 radical (unpaired) electrons. The first-order valence-electron chi connectivity index (χ1n) is 15.9. The minimum atomic E-state index is -3.49. The van der Waals surface area contributed by atoms with Crippen LogP contribution in [0.1, 0.15) is 32.6 Å². The van der Waals surface area contributed by atoms with Crippen molar-refractivity contribution in [2.45, 2.75) is 38.6 Å². The van der Waals surface area contributed by atoms with Crippen LogP contribution >= 0.6 is 11.6 Å². The van der Waals surface area contributed by atoms with Crippen molar-refractivity contribution >= 4 is 62.2 Å². The van der Waals surface area contributed by atoms with E-state index in [1.54, 1.807) is 31.4 Å². The largest absolute Gasteiger partial charge is 0.494 e. The molecule has 0 spiro atoms. The molecule has 0 aliphatic carbocycles. The van der Waals surface area contributed by atoms with Gasteiger partial charge >= 0.3 is 6.09 Å². The number of hydrogen-bond acceptors (Lipinski definition) is 11. The average Bonchev–Trinajstić information content (AvgIpc) is 3.07. The highest BCUT2D eigenvalue weighted by molar-refractivity contribution is 7.92. The lowest BCUT2D eigenvalue weighted by molar-refractivity contribution is 0.0582. The number of para-hydroxylation sites is 2. The van der Waals surface area contributed by atoms with Gasteiger partial charge in [0, 0.05) is 57.1 Å². The number of hydrogen-bond donors (Lipinski definition) is 3. The van der Waals surface area contributed by atoms with Crippen LogP contribution in [0.2, 0.25) is 5.02 Å². The van der Waals surface area contributed by atoms with Gasteiger partial charge in [-0.15, -0.1) is 0 Å². The number of piperazine rings is 1. The third-order valence-electron chi connectivity index (χ3n) is 8.29. The first kappa shape index (κ1) is 34.3. The molecule has 1 amide bonds. The highest BCUT2D eigenvalue weighted by Crippen LogP contribution is 2.34. The van der Waals surface area contributed by atoms with Crippen molar-refractivity contribution in [3.05, 3.63) is 53.7 Å². The van der Waals surface area contributed by atoms with Crippen molar-refractivity contribution in [3.8, 4) is 5.75 Å². The van der Waals surface area contributed by atoms with E-state index in [4.69, 9.17) is 21.1 Å². The summed E-state index contributed by atoms with van der Waals surface area (Å²) in [5.74, 6) is 1.23. The molecular formula is C32H43ClN8O5S. The van der Waals surface area contributed by atoms with E-state index in [1.165, 1.54) is 6.20 Å². The second-order valence-electron chi connectivity index (χ2n) is 11.7. The standard InChI is InChI=1S/C32H43ClN8O5S/c1-4-5-20-46-32(42)41-18-16-40(17-19-41)23-12-14-39(15-13-23)24-10-11-28(29(21-24)45-2)36-31-34-22-25(33)30(37-31)35-26-8-6-7-9-27(26)38-47(3,43)44/h6-11,21-23,38H,4-5,12-20H2,1-3H3,(H2,34,35,36,37). The van der Waals surface area contributed by atoms with Crippen LogP contribution in [0.5, 0.6) is 5.75 Å². The summed E-state index contributed by atoms with van der Waals surface area (Å²) in [6.07, 6.45) is 6.36. The first-order valence-corrected chi connectivity index (χ1v) is 18.1. The maximum atomic E-state index is 12.3. The van der Waals surface area contributed by atoms with Crippen molar-refractivity contribution < 1.29 is 22.7 Å². The second kappa shape index (κ2) is 15.7. The number of rotatable bonds is 12. The van der Waals surface area contributed by atoms with Crippen LogP contribution < -0.4 is 25.0 Å². The molecule has 5 rings (SSSR count). The molecule has 3 aromatic rings. The van der Waals surface area contributed by atoms with E-state index in [9.17, 15) is 13.2 Å². The van der Waals surface area contributed by atoms with Crippen LogP contribution in [-0.2, 0) is 14.8 Å². The summed E-state index contributed by atoms with van der Waals surface area (Å²) < 4.78 is 37.3. The highest BCUT2D eigenvalue weighted by atomic mass is 35.5. The molecule has 2 saturated heterocycles. The van der Waals surface area contributed by atoms with Crippen LogP contribution in [0.15, 0.2) is 48.7 Å². The monoisotopic (exact) mass is 686 g/mol. The fourth-order valence-electron chi connectivity index (χ4n) is 5.78. The average molecular weight is 687 g/mol. The molecule has 2 aromatic carbocycles. The molecule has 254 valence electrons. The minimum absolute atomic E-state index is 0.190. The number of piperidine rings is 1. The minimum Gasteiger partial charge on any atom is -0.494 e. The third kappa shape index (κ3) is 9.30. The van der Waals surface area contributed by atoms with Crippen LogP contribution in [0.25, 0.3) is 0 Å². The van der Waals surface area contributed by atoms with Gasteiger partial charge in [-0.05, 0) is 43.5 Å². The van der Waals surface area contributed by atoms with E-state index in [0.717, 1.165) is 63.8 Å². The predicted octanol–water partition coefficient (Wildman–Crippen LogP) is 5.52. The number of halogens is 1. The van der Waals surface area contributed by atoms with Gasteiger partial charge < -0.3 is 29.9 Å². The summed E-state index contributed by atoms with van der Waals surface area (Å²) in [5.41, 5.74) is 2.60. The zero-order valence-corrected chi connectivity index (χ0v) is 28.6. The van der Waals surface area contributed by atoms with Gasteiger partial charge in [0.1, 0.15) is 10.8 Å². The number of sulfonamides is 1. The topological polar surface area (TPSA) is 141 Å². The van der Waals surface area contributed by atoms with E-state index in [2.05, 4.69) is 48.1 Å². The van der Waals surface area contributed by atoms with E-state index in [0.29, 0.717) is 54.4 Å². The summed E-state index contributed by atoms with van der Waals surface area (Å²) in [7, 11) is -1.87. The molecule has 47 heavy (non-hydrogen) atoms. The van der Waals surface area contributed by atoms with Gasteiger partial charge in [-0.1, -0.05) is 37.1 Å². The van der Waals surface area contributed by atoms with Crippen molar-refractivity contribution in [1.82, 2.24) is 19.8 Å².